The summed E-state index contributed by atoms with van der Waals surface area (Å²) >= 11 is 0. The van der Waals surface area contributed by atoms with Gasteiger partial charge in [0.05, 0.1) is 16.7 Å². The van der Waals surface area contributed by atoms with Crippen LogP contribution < -0.4 is 0 Å². The quantitative estimate of drug-likeness (QED) is 0.0703. The first-order valence-corrected chi connectivity index (χ1v) is 33.7. The van der Waals surface area contributed by atoms with Gasteiger partial charge in [0.2, 0.25) is 0 Å². The smallest absolute Gasteiger partial charge is 0.251 e. The summed E-state index contributed by atoms with van der Waals surface area (Å²) in [6.07, 6.45) is 31.2. The summed E-state index contributed by atoms with van der Waals surface area (Å²) in [6.45, 7) is 41.2. The van der Waals surface area contributed by atoms with Crippen molar-refractivity contribution in [3.05, 3.63) is 387 Å². The van der Waals surface area contributed by atoms with Gasteiger partial charge in [-0.2, -0.15) is 0 Å². The molecule has 98 heavy (non-hydrogen) atoms. The Balaban J connectivity index is 0. The Morgan fingerprint density at radius 3 is 0.561 bits per heavy atom. The summed E-state index contributed by atoms with van der Waals surface area (Å²) in [5.41, 5.74) is 14.8. The van der Waals surface area contributed by atoms with Crippen LogP contribution in [-0.2, 0) is 31.5 Å². The molecule has 0 fully saturated rings. The van der Waals surface area contributed by atoms with Crippen LogP contribution in [0, 0.1) is 29.2 Å². The highest BCUT2D eigenvalue weighted by Crippen LogP contribution is 2.25. The second-order valence-electron chi connectivity index (χ2n) is 26.3. The fourth-order valence-corrected chi connectivity index (χ4v) is 8.34. The maximum atomic E-state index is 8.55. The van der Waals surface area contributed by atoms with Crippen molar-refractivity contribution < 1.29 is 31.9 Å². The maximum Gasteiger partial charge on any atom is 1.00 e. The molecule has 3 N–H and O–H groups in total. The third-order valence-electron chi connectivity index (χ3n) is 15.0. The average molecular weight is 1330 g/mol. The second-order valence-corrected chi connectivity index (χ2v) is 26.3. The Kier molecular flexibility index (Phi) is 47.6. The lowest BCUT2D eigenvalue weighted by molar-refractivity contribution is -0.318. The van der Waals surface area contributed by atoms with Crippen molar-refractivity contribution in [2.75, 3.05) is 0 Å². The highest BCUT2D eigenvalue weighted by Gasteiger charge is 2.22. The van der Waals surface area contributed by atoms with Crippen molar-refractivity contribution in [3.8, 4) is 0 Å². The minimum absolute atomic E-state index is 0. The van der Waals surface area contributed by atoms with E-state index in [1.165, 1.54) is 55.7 Å². The Bertz CT molecular complexity index is 3000. The number of hydrogen-bond acceptors (Lipinski definition) is 8. The van der Waals surface area contributed by atoms with Gasteiger partial charge in [0.15, 0.2) is 0 Å². The van der Waals surface area contributed by atoms with Crippen LogP contribution in [-0.4, -0.2) is 15.8 Å². The Morgan fingerprint density at radius 1 is 0.296 bits per heavy atom. The minimum Gasteiger partial charge on any atom is -0.251 e. The number of rotatable bonds is 10. The molecule has 10 rings (SSSR count). The zero-order valence-electron chi connectivity index (χ0n) is 63.6. The minimum atomic E-state index is -0.610. The molecule has 7 aromatic rings. The van der Waals surface area contributed by atoms with Crippen molar-refractivity contribution in [1.82, 2.24) is 0 Å². The van der Waals surface area contributed by atoms with Gasteiger partial charge in [-0.15, -0.1) is 0 Å². The van der Waals surface area contributed by atoms with Crippen molar-refractivity contribution in [2.45, 2.75) is 179 Å². The molecule has 0 amide bonds. The average Bonchev–Trinajstić information content (AvgIpc) is 0.895. The molecule has 522 valence electrons. The third kappa shape index (κ3) is 40.7. The number of benzene rings is 7. The van der Waals surface area contributed by atoms with Crippen LogP contribution in [0.2, 0.25) is 0 Å². The highest BCUT2D eigenvalue weighted by atomic mass is 17.1. The first-order chi connectivity index (χ1) is 46.6. The summed E-state index contributed by atoms with van der Waals surface area (Å²) in [5.74, 6) is 2.63. The fourth-order valence-electron chi connectivity index (χ4n) is 8.34. The third-order valence-corrected chi connectivity index (χ3v) is 15.0. The SMILES string of the molecule is CC(C)(OO)c1ccccc1.CC(C)(OO)c1ccccc1.CC(C)(OO)c1ccccc1.CC(C)=C1C=CC=C[CH+]1.CC(C)=C1C=CC=C[CH+]1.CC(C)=C1C=CC=C[CH+]1.CC(C)c1ccccc1.CC(C)c1ccccc1.CC(C)c1ccccc1.CC(C)c1ccccc1.O=O.[H+]. The van der Waals surface area contributed by atoms with Crippen molar-refractivity contribution in [3.63, 3.8) is 0 Å². The molecular weight excluding hydrogens is 1210 g/mol. The molecule has 8 heteroatoms. The molecule has 0 aliphatic heterocycles. The van der Waals surface area contributed by atoms with E-state index in [9.17, 15) is 0 Å². The molecule has 0 heterocycles. The van der Waals surface area contributed by atoms with Crippen LogP contribution in [0.5, 0.6) is 0 Å². The normalized spacial score (nSPS) is 11.9. The van der Waals surface area contributed by atoms with E-state index in [4.69, 9.17) is 25.7 Å². The van der Waals surface area contributed by atoms with Gasteiger partial charge in [0, 0.05) is 119 Å². The van der Waals surface area contributed by atoms with E-state index in [0.717, 1.165) is 16.7 Å². The maximum absolute atomic E-state index is 8.55. The summed E-state index contributed by atoms with van der Waals surface area (Å²) < 4.78 is 0. The van der Waals surface area contributed by atoms with Gasteiger partial charge >= 0.3 is 1.43 Å². The Hall–Kier alpha value is -8.83. The highest BCUT2D eigenvalue weighted by molar-refractivity contribution is 5.42. The van der Waals surface area contributed by atoms with Gasteiger partial charge in [0.25, 0.3) is 0 Å². The molecule has 0 saturated carbocycles. The second kappa shape index (κ2) is 52.3. The van der Waals surface area contributed by atoms with Crippen LogP contribution >= 0.6 is 0 Å². The van der Waals surface area contributed by atoms with Gasteiger partial charge in [-0.1, -0.05) is 268 Å². The van der Waals surface area contributed by atoms with E-state index < -0.39 is 16.8 Å². The van der Waals surface area contributed by atoms with E-state index in [1.807, 2.05) is 175 Å². The first kappa shape index (κ1) is 89.2. The summed E-state index contributed by atoms with van der Waals surface area (Å²) in [6, 6.07) is 70.8. The number of hydrogen-bond donors (Lipinski definition) is 3. The van der Waals surface area contributed by atoms with E-state index >= 15 is 0 Å². The van der Waals surface area contributed by atoms with Crippen LogP contribution in [0.4, 0.5) is 0 Å². The molecule has 8 nitrogen and oxygen atoms in total. The topological polar surface area (TPSA) is 123 Å². The van der Waals surface area contributed by atoms with Crippen LogP contribution in [0.15, 0.2) is 319 Å². The zero-order chi connectivity index (χ0) is 73.8. The molecule has 0 radical (unpaired) electrons. The van der Waals surface area contributed by atoms with Gasteiger partial charge in [-0.05, 0) is 146 Å². The van der Waals surface area contributed by atoms with Crippen molar-refractivity contribution in [2.24, 2.45) is 0 Å². The predicted molar refractivity (Wildman–Crippen MR) is 422 cm³/mol. The summed E-state index contributed by atoms with van der Waals surface area (Å²) in [4.78, 5) is 27.0. The summed E-state index contributed by atoms with van der Waals surface area (Å²) in [5, 5.41) is 25.6. The van der Waals surface area contributed by atoms with Gasteiger partial charge in [-0.3, -0.25) is 15.8 Å². The molecule has 0 aromatic heterocycles. The van der Waals surface area contributed by atoms with Gasteiger partial charge < -0.3 is 0 Å². The lowest BCUT2D eigenvalue weighted by Crippen LogP contribution is -2.19. The molecule has 0 saturated heterocycles. The van der Waals surface area contributed by atoms with E-state index in [0.29, 0.717) is 23.7 Å². The standard InChI is InChI=1S/3C9H12O2.4C9H12.3C9H11.O2/c3*1-9(2,11-10)8-6-4-3-5-7-8;7*1-8(2)9-6-4-3-5-7-9;1-2/h3*3-7,10H,1-2H3;4*3-8H,1-2H3;3*3-7H,1-2H3;/q;;;;;;;3*+1;/p+1. The Labute approximate surface area is 594 Å². The van der Waals surface area contributed by atoms with Crippen molar-refractivity contribution >= 4 is 0 Å². The molecule has 0 unspecified atom stereocenters. The van der Waals surface area contributed by atoms with Gasteiger partial charge in [0.1, 0.15) is 16.8 Å². The summed E-state index contributed by atoms with van der Waals surface area (Å²) in [7, 11) is 0. The molecule has 0 bridgehead atoms. The fraction of sp³-hybridized carbons (Fsp3) is 0.300. The van der Waals surface area contributed by atoms with E-state index in [-0.39, 0.29) is 1.43 Å². The first-order valence-electron chi connectivity index (χ1n) is 33.7. The Morgan fingerprint density at radius 2 is 0.459 bits per heavy atom. The lowest BCUT2D eigenvalue weighted by atomic mass is 9.99. The largest absolute Gasteiger partial charge is 1.00 e. The zero-order valence-corrected chi connectivity index (χ0v) is 62.6. The molecule has 0 atom stereocenters. The molecule has 3 aliphatic rings. The lowest BCUT2D eigenvalue weighted by Gasteiger charge is -2.20. The number of allylic oxidation sites excluding steroid dienone is 18. The predicted octanol–water partition coefficient (Wildman–Crippen LogP) is 26.6. The van der Waals surface area contributed by atoms with Crippen LogP contribution in [0.3, 0.4) is 0 Å². The van der Waals surface area contributed by atoms with Crippen LogP contribution in [0.25, 0.3) is 0 Å². The molecule has 0 spiro atoms. The van der Waals surface area contributed by atoms with Crippen molar-refractivity contribution in [1.29, 1.82) is 0 Å². The van der Waals surface area contributed by atoms with Gasteiger partial charge in [-0.25, -0.2) is 14.7 Å². The van der Waals surface area contributed by atoms with E-state index in [1.54, 1.807) is 0 Å². The molecular formula is C90H118O8+4. The molecule has 7 aromatic carbocycles. The molecule has 3 aliphatic carbocycles. The van der Waals surface area contributed by atoms with Crippen LogP contribution in [0.1, 0.15) is 203 Å². The monoisotopic (exact) mass is 1330 g/mol. The van der Waals surface area contributed by atoms with E-state index in [2.05, 4.69) is 283 Å².